The monoisotopic (exact) mass is 286 g/mol. The molecule has 0 aromatic carbocycles. The Morgan fingerprint density at radius 3 is 1.75 bits per heavy atom. The standard InChI is InChI=1S/C15H28NO4/c1-7-10-11(14(17)19-5)12(15(18)20-6)13(10)16(4,8-2)9-3/h10-13H,7-9H2,1-6H3/q+1/t10-,11-,12+,13+/m0/s1. The molecule has 0 N–H and O–H groups in total. The van der Waals surface area contributed by atoms with Gasteiger partial charge in [0.1, 0.15) is 12.0 Å². The fourth-order valence-electron chi connectivity index (χ4n) is 3.68. The van der Waals surface area contributed by atoms with E-state index in [9.17, 15) is 9.59 Å². The molecule has 20 heavy (non-hydrogen) atoms. The van der Waals surface area contributed by atoms with Crippen molar-refractivity contribution >= 4 is 11.9 Å². The predicted octanol–water partition coefficient (Wildman–Crippen LogP) is 1.46. The zero-order valence-electron chi connectivity index (χ0n) is 13.5. The predicted molar refractivity (Wildman–Crippen MR) is 75.8 cm³/mol. The van der Waals surface area contributed by atoms with Crippen LogP contribution in [0.1, 0.15) is 27.2 Å². The van der Waals surface area contributed by atoms with E-state index in [1.165, 1.54) is 14.2 Å². The van der Waals surface area contributed by atoms with Crippen LogP contribution in [-0.4, -0.2) is 56.8 Å². The van der Waals surface area contributed by atoms with Crippen LogP contribution in [0.4, 0.5) is 0 Å². The second-order valence-electron chi connectivity index (χ2n) is 5.77. The van der Waals surface area contributed by atoms with Crippen LogP contribution in [0, 0.1) is 17.8 Å². The molecule has 0 aliphatic heterocycles. The van der Waals surface area contributed by atoms with Gasteiger partial charge in [-0.25, -0.2) is 0 Å². The normalized spacial score (nSPS) is 29.5. The summed E-state index contributed by atoms with van der Waals surface area (Å²) in [5.41, 5.74) is 0. The smallest absolute Gasteiger partial charge is 0.315 e. The summed E-state index contributed by atoms with van der Waals surface area (Å²) in [4.78, 5) is 24.1. The highest BCUT2D eigenvalue weighted by atomic mass is 16.5. The van der Waals surface area contributed by atoms with E-state index in [4.69, 9.17) is 9.47 Å². The van der Waals surface area contributed by atoms with E-state index in [1.54, 1.807) is 0 Å². The third-order valence-corrected chi connectivity index (χ3v) is 5.24. The number of esters is 2. The van der Waals surface area contributed by atoms with E-state index >= 15 is 0 Å². The van der Waals surface area contributed by atoms with Gasteiger partial charge < -0.3 is 14.0 Å². The van der Waals surface area contributed by atoms with Crippen molar-refractivity contribution in [3.63, 3.8) is 0 Å². The van der Waals surface area contributed by atoms with Gasteiger partial charge in [0.05, 0.1) is 40.3 Å². The topological polar surface area (TPSA) is 52.6 Å². The molecule has 0 aromatic heterocycles. The number of ether oxygens (including phenoxy) is 2. The van der Waals surface area contributed by atoms with Gasteiger partial charge in [0.25, 0.3) is 0 Å². The summed E-state index contributed by atoms with van der Waals surface area (Å²) in [7, 11) is 4.91. The molecule has 5 heteroatoms. The minimum Gasteiger partial charge on any atom is -0.469 e. The van der Waals surface area contributed by atoms with Gasteiger partial charge in [-0.05, 0) is 20.3 Å². The van der Waals surface area contributed by atoms with Gasteiger partial charge in [-0.3, -0.25) is 9.59 Å². The lowest BCUT2D eigenvalue weighted by Gasteiger charge is -2.56. The largest absolute Gasteiger partial charge is 0.469 e. The molecule has 0 radical (unpaired) electrons. The van der Waals surface area contributed by atoms with Crippen LogP contribution in [0.5, 0.6) is 0 Å². The highest BCUT2D eigenvalue weighted by Gasteiger charge is 2.64. The van der Waals surface area contributed by atoms with Crippen LogP contribution in [-0.2, 0) is 19.1 Å². The number of quaternary nitrogens is 1. The fraction of sp³-hybridized carbons (Fsp3) is 0.867. The second-order valence-corrected chi connectivity index (χ2v) is 5.77. The maximum atomic E-state index is 12.1. The lowest BCUT2D eigenvalue weighted by Crippen LogP contribution is -2.71. The molecule has 1 rings (SSSR count). The lowest BCUT2D eigenvalue weighted by atomic mass is 9.58. The van der Waals surface area contributed by atoms with Crippen LogP contribution in [0.25, 0.3) is 0 Å². The van der Waals surface area contributed by atoms with E-state index in [-0.39, 0.29) is 35.7 Å². The first-order chi connectivity index (χ1) is 9.41. The van der Waals surface area contributed by atoms with E-state index in [0.29, 0.717) is 0 Å². The summed E-state index contributed by atoms with van der Waals surface area (Å²) in [6.07, 6.45) is 0.867. The summed E-state index contributed by atoms with van der Waals surface area (Å²) in [6, 6.07) is 0.131. The van der Waals surface area contributed by atoms with E-state index < -0.39 is 0 Å². The summed E-state index contributed by atoms with van der Waals surface area (Å²) in [5, 5.41) is 0. The van der Waals surface area contributed by atoms with Gasteiger partial charge >= 0.3 is 11.9 Å². The van der Waals surface area contributed by atoms with E-state index in [0.717, 1.165) is 24.0 Å². The molecule has 1 saturated carbocycles. The van der Waals surface area contributed by atoms with Gasteiger partial charge in [-0.1, -0.05) is 6.92 Å². The Labute approximate surface area is 121 Å². The highest BCUT2D eigenvalue weighted by molar-refractivity contribution is 5.85. The first-order valence-electron chi connectivity index (χ1n) is 7.41. The van der Waals surface area contributed by atoms with Crippen LogP contribution in [0.3, 0.4) is 0 Å². The summed E-state index contributed by atoms with van der Waals surface area (Å²) >= 11 is 0. The van der Waals surface area contributed by atoms with Crippen molar-refractivity contribution < 1.29 is 23.5 Å². The first kappa shape index (κ1) is 17.0. The molecule has 1 fully saturated rings. The van der Waals surface area contributed by atoms with Crippen molar-refractivity contribution in [2.75, 3.05) is 34.4 Å². The zero-order valence-corrected chi connectivity index (χ0v) is 13.5. The van der Waals surface area contributed by atoms with Crippen LogP contribution in [0.15, 0.2) is 0 Å². The Hall–Kier alpha value is -1.10. The maximum Gasteiger partial charge on any atom is 0.315 e. The molecule has 1 aliphatic rings. The maximum absolute atomic E-state index is 12.1. The number of rotatable bonds is 6. The minimum atomic E-state index is -0.387. The van der Waals surface area contributed by atoms with Crippen molar-refractivity contribution in [1.82, 2.24) is 0 Å². The Balaban J connectivity index is 3.14. The Morgan fingerprint density at radius 1 is 0.950 bits per heavy atom. The number of hydrogen-bond donors (Lipinski definition) is 0. The fourth-order valence-corrected chi connectivity index (χ4v) is 3.68. The molecule has 0 saturated heterocycles. The van der Waals surface area contributed by atoms with Gasteiger partial charge in [0, 0.05) is 5.92 Å². The second kappa shape index (κ2) is 6.57. The molecule has 116 valence electrons. The van der Waals surface area contributed by atoms with Crippen LogP contribution >= 0.6 is 0 Å². The molecular formula is C15H28NO4+. The van der Waals surface area contributed by atoms with Gasteiger partial charge in [-0.2, -0.15) is 0 Å². The highest BCUT2D eigenvalue weighted by Crippen LogP contribution is 2.49. The number of methoxy groups -OCH3 is 2. The molecule has 1 aliphatic carbocycles. The molecule has 4 atom stereocenters. The van der Waals surface area contributed by atoms with E-state index in [2.05, 4.69) is 27.8 Å². The minimum absolute atomic E-state index is 0.131. The van der Waals surface area contributed by atoms with Crippen molar-refractivity contribution in [1.29, 1.82) is 0 Å². The summed E-state index contributed by atoms with van der Waals surface area (Å²) < 4.78 is 10.6. The number of carbonyl (C=O) groups is 2. The van der Waals surface area contributed by atoms with Crippen LogP contribution < -0.4 is 0 Å². The molecule has 0 spiro atoms. The lowest BCUT2D eigenvalue weighted by molar-refractivity contribution is -0.944. The van der Waals surface area contributed by atoms with E-state index in [1.807, 2.05) is 0 Å². The number of carbonyl (C=O) groups excluding carboxylic acids is 2. The van der Waals surface area contributed by atoms with Crippen molar-refractivity contribution in [3.8, 4) is 0 Å². The SMILES string of the molecule is CC[C@H]1[C@H](C(=O)OC)[C@@H](C(=O)OC)[C@@H]1[N+](C)(CC)CC. The van der Waals surface area contributed by atoms with Gasteiger partial charge in [0.2, 0.25) is 0 Å². The Kier molecular flexibility index (Phi) is 5.57. The molecule has 0 aromatic rings. The number of nitrogens with zero attached hydrogens (tertiary/aromatic N) is 1. The Bertz CT molecular complexity index is 365. The van der Waals surface area contributed by atoms with Crippen molar-refractivity contribution in [2.24, 2.45) is 17.8 Å². The third-order valence-electron chi connectivity index (χ3n) is 5.24. The van der Waals surface area contributed by atoms with Gasteiger partial charge in [0.15, 0.2) is 0 Å². The molecule has 0 bridgehead atoms. The molecule has 0 amide bonds. The summed E-state index contributed by atoms with van der Waals surface area (Å²) in [5.74, 6) is -1.15. The Morgan fingerprint density at radius 2 is 1.40 bits per heavy atom. The average molecular weight is 286 g/mol. The first-order valence-corrected chi connectivity index (χ1v) is 7.41. The molecular weight excluding hydrogens is 258 g/mol. The van der Waals surface area contributed by atoms with Crippen molar-refractivity contribution in [3.05, 3.63) is 0 Å². The number of hydrogen-bond acceptors (Lipinski definition) is 4. The average Bonchev–Trinajstić information content (AvgIpc) is 2.45. The molecule has 0 unspecified atom stereocenters. The zero-order chi connectivity index (χ0) is 15.5. The molecule has 5 nitrogen and oxygen atoms in total. The van der Waals surface area contributed by atoms with Crippen molar-refractivity contribution in [2.45, 2.75) is 33.2 Å². The molecule has 0 heterocycles. The van der Waals surface area contributed by atoms with Crippen LogP contribution in [0.2, 0.25) is 0 Å². The summed E-state index contributed by atoms with van der Waals surface area (Å²) in [6.45, 7) is 8.17. The quantitative estimate of drug-likeness (QED) is 0.548. The third kappa shape index (κ3) is 2.55. The van der Waals surface area contributed by atoms with Gasteiger partial charge in [-0.15, -0.1) is 0 Å².